The second-order valence-electron chi connectivity index (χ2n) is 0.950. The van der Waals surface area contributed by atoms with Crippen LogP contribution in [0.1, 0.15) is 1.43 Å². The molecule has 72 valence electrons. The van der Waals surface area contributed by atoms with Crippen molar-refractivity contribution in [1.29, 1.82) is 0 Å². The quantitative estimate of drug-likeness (QED) is 0.157. The molecule has 4 N–H and O–H groups in total. The Hall–Kier alpha value is 1.34. The van der Waals surface area contributed by atoms with Crippen LogP contribution < -0.4 is 51.4 Å². The molecule has 0 amide bonds. The van der Waals surface area contributed by atoms with Gasteiger partial charge in [0, 0.05) is 0 Å². The molecule has 0 rings (SSSR count). The van der Waals surface area contributed by atoms with E-state index in [2.05, 4.69) is 4.33 Å². The van der Waals surface area contributed by atoms with Crippen molar-refractivity contribution in [1.82, 2.24) is 0 Å². The van der Waals surface area contributed by atoms with E-state index >= 15 is 0 Å². The predicted molar refractivity (Wildman–Crippen MR) is 30.6 cm³/mol. The van der Waals surface area contributed by atoms with Crippen LogP contribution in [-0.4, -0.2) is 35.8 Å². The third kappa shape index (κ3) is 64.4. The Morgan fingerprint density at radius 2 is 1.08 bits per heavy atom. The zero-order valence-electron chi connectivity index (χ0n) is 6.65. The van der Waals surface area contributed by atoms with E-state index in [1.54, 1.807) is 0 Å². The molecule has 0 spiro atoms. The molecule has 0 aromatic heterocycles. The second-order valence-corrected chi connectivity index (χ2v) is 2.85. The molecule has 0 aliphatic rings. The maximum absolute atomic E-state index is 9.08. The van der Waals surface area contributed by atoms with Gasteiger partial charge in [0.15, 0.2) is 0 Å². The van der Waals surface area contributed by atoms with Gasteiger partial charge in [0.25, 0.3) is 0 Å². The van der Waals surface area contributed by atoms with Gasteiger partial charge in [-0.15, -0.1) is 0 Å². The second kappa shape index (κ2) is 7.71. The van der Waals surface area contributed by atoms with Gasteiger partial charge >= 0.3 is 72.2 Å². The molecule has 12 heavy (non-hydrogen) atoms. The molecule has 0 heterocycles. The smallest absolute Gasteiger partial charge is 1.00 e. The van der Waals surface area contributed by atoms with Crippen LogP contribution in [0, 0.1) is 0 Å². The van der Waals surface area contributed by atoms with Gasteiger partial charge in [-0.1, -0.05) is 4.33 Å². The molecule has 0 saturated heterocycles. The van der Waals surface area contributed by atoms with E-state index in [1.165, 1.54) is 0 Å². The Bertz CT molecular complexity index is 265. The van der Waals surface area contributed by atoms with E-state index in [0.717, 1.165) is 0 Å². The van der Waals surface area contributed by atoms with E-state index < -0.39 is 20.8 Å². The Kier molecular flexibility index (Phi) is 12.2. The van der Waals surface area contributed by atoms with Crippen LogP contribution in [0.3, 0.4) is 0 Å². The van der Waals surface area contributed by atoms with Gasteiger partial charge < -0.3 is 1.43 Å². The first-order valence-corrected chi connectivity index (χ1v) is 4.33. The summed E-state index contributed by atoms with van der Waals surface area (Å²) in [5, 5.41) is 7.06. The molecular formula is H5KO9S2. The summed E-state index contributed by atoms with van der Waals surface area (Å²) in [6.07, 6.45) is 0. The average molecular weight is 252 g/mol. The summed E-state index contributed by atoms with van der Waals surface area (Å²) in [5.74, 6) is 0. The largest absolute Gasteiger partial charge is 1.00 e. The van der Waals surface area contributed by atoms with Crippen LogP contribution in [-0.2, 0) is 25.1 Å². The van der Waals surface area contributed by atoms with Crippen LogP contribution in [0.5, 0.6) is 0 Å². The summed E-state index contributed by atoms with van der Waals surface area (Å²) in [4.78, 5) is 0. The molecule has 0 unspecified atom stereocenters. The minimum atomic E-state index is -4.67. The molecule has 0 atom stereocenters. The molecule has 9 nitrogen and oxygen atoms in total. The average Bonchev–Trinajstić information content (AvgIpc) is 1.59. The molecule has 0 aliphatic carbocycles. The summed E-state index contributed by atoms with van der Waals surface area (Å²) in [5.41, 5.74) is 0. The van der Waals surface area contributed by atoms with Gasteiger partial charge in [-0.05, 0) is 0 Å². The summed E-state index contributed by atoms with van der Waals surface area (Å²) < 4.78 is 59.5. The first-order chi connectivity index (χ1) is 4.56. The number of hydrogen-bond acceptors (Lipinski definition) is 6. The molecule has 0 aliphatic heterocycles. The molecule has 0 aromatic carbocycles. The van der Waals surface area contributed by atoms with Crippen molar-refractivity contribution in [3.8, 4) is 0 Å². The first kappa shape index (κ1) is 19.0. The zero-order valence-corrected chi connectivity index (χ0v) is 10.4. The van der Waals surface area contributed by atoms with Crippen molar-refractivity contribution in [2.45, 2.75) is 0 Å². The summed E-state index contributed by atoms with van der Waals surface area (Å²) in [6, 6.07) is 0. The van der Waals surface area contributed by atoms with Crippen molar-refractivity contribution in [2.24, 2.45) is 0 Å². The topological polar surface area (TPSA) is 158 Å². The molecule has 0 aromatic rings. The molecule has 0 bridgehead atoms. The fraction of sp³-hybridized carbons (Fsp3) is 0. The van der Waals surface area contributed by atoms with E-state index in [0.29, 0.717) is 0 Å². The minimum absolute atomic E-state index is 0. The molecule has 0 saturated carbocycles. The standard InChI is InChI=1S/K.H2O5S.H2O4S.H/c;1-5-6(2,3)4;1-5(2,3)4;/h;1H,(H,2,3,4);(H2,1,2,3,4);/q+1;;;-1. The predicted octanol–water partition coefficient (Wildman–Crippen LogP) is -4.26. The van der Waals surface area contributed by atoms with Crippen LogP contribution in [0.2, 0.25) is 0 Å². The van der Waals surface area contributed by atoms with E-state index in [-0.39, 0.29) is 52.8 Å². The number of hydrogen-bond donors (Lipinski definition) is 4. The van der Waals surface area contributed by atoms with Crippen molar-refractivity contribution in [3.63, 3.8) is 0 Å². The van der Waals surface area contributed by atoms with Crippen LogP contribution >= 0.6 is 0 Å². The third-order valence-electron chi connectivity index (χ3n) is 0.0942. The van der Waals surface area contributed by atoms with Gasteiger partial charge in [0.1, 0.15) is 0 Å². The third-order valence-corrected chi connectivity index (χ3v) is 0.283. The maximum atomic E-state index is 9.08. The fourth-order valence-electron chi connectivity index (χ4n) is 0. The van der Waals surface area contributed by atoms with E-state index in [4.69, 9.17) is 35.8 Å². The Labute approximate surface area is 112 Å². The van der Waals surface area contributed by atoms with Gasteiger partial charge in [-0.3, -0.25) is 13.7 Å². The van der Waals surface area contributed by atoms with Crippen molar-refractivity contribution < 1.29 is 92.9 Å². The molecular weight excluding hydrogens is 247 g/mol. The Morgan fingerprint density at radius 3 is 1.08 bits per heavy atom. The maximum Gasteiger partial charge on any atom is 1.00 e. The van der Waals surface area contributed by atoms with Gasteiger partial charge in [0.2, 0.25) is 0 Å². The zero-order chi connectivity index (χ0) is 9.71. The Morgan fingerprint density at radius 1 is 1.00 bits per heavy atom. The monoisotopic (exact) mass is 252 g/mol. The SMILES string of the molecule is O=S(=O)(O)O.O=S(=O)(O)OO.[H-].[K+]. The van der Waals surface area contributed by atoms with Crippen LogP contribution in [0.25, 0.3) is 0 Å². The van der Waals surface area contributed by atoms with E-state index in [9.17, 15) is 0 Å². The molecule has 12 heteroatoms. The Balaban J connectivity index is -0.0000000546. The minimum Gasteiger partial charge on any atom is -1.00 e. The van der Waals surface area contributed by atoms with Crippen molar-refractivity contribution in [3.05, 3.63) is 0 Å². The molecule has 0 fully saturated rings. The number of rotatable bonds is 1. The van der Waals surface area contributed by atoms with Gasteiger partial charge in [0.05, 0.1) is 0 Å². The fourth-order valence-corrected chi connectivity index (χ4v) is 0. The first-order valence-electron chi connectivity index (χ1n) is 1.56. The molecule has 0 radical (unpaired) electrons. The van der Waals surface area contributed by atoms with Crippen molar-refractivity contribution >= 4 is 20.8 Å². The summed E-state index contributed by atoms with van der Waals surface area (Å²) in [6.45, 7) is 0. The van der Waals surface area contributed by atoms with Crippen LogP contribution in [0.15, 0.2) is 0 Å². The van der Waals surface area contributed by atoms with E-state index in [1.807, 2.05) is 0 Å². The van der Waals surface area contributed by atoms with Gasteiger partial charge in [-0.2, -0.15) is 16.8 Å². The van der Waals surface area contributed by atoms with Crippen LogP contribution in [0.4, 0.5) is 0 Å². The van der Waals surface area contributed by atoms with Gasteiger partial charge in [-0.25, -0.2) is 5.26 Å². The van der Waals surface area contributed by atoms with Crippen molar-refractivity contribution in [2.75, 3.05) is 0 Å². The summed E-state index contributed by atoms with van der Waals surface area (Å²) in [7, 11) is -9.27. The summed E-state index contributed by atoms with van der Waals surface area (Å²) >= 11 is 0. The normalized spacial score (nSPS) is 10.7.